The largest absolute Gasteiger partial charge is 0.484 e. The molecule has 1 atom stereocenters. The summed E-state index contributed by atoms with van der Waals surface area (Å²) in [6.07, 6.45) is 0.911. The fraction of sp³-hybridized carbons (Fsp3) is 0.292. The van der Waals surface area contributed by atoms with Crippen molar-refractivity contribution in [3.05, 3.63) is 59.7 Å². The zero-order valence-electron chi connectivity index (χ0n) is 17.8. The molecule has 1 N–H and O–H groups in total. The quantitative estimate of drug-likeness (QED) is 0.482. The molecule has 4 aromatic rings. The number of amides is 1. The van der Waals surface area contributed by atoms with E-state index in [1.54, 1.807) is 0 Å². The Morgan fingerprint density at radius 1 is 1.10 bits per heavy atom. The molecular weight excluding hydrogens is 376 g/mol. The Morgan fingerprint density at radius 2 is 1.83 bits per heavy atom. The van der Waals surface area contributed by atoms with Crippen LogP contribution in [0, 0.1) is 13.8 Å². The van der Waals surface area contributed by atoms with Crippen LogP contribution in [-0.2, 0) is 4.79 Å². The summed E-state index contributed by atoms with van der Waals surface area (Å²) in [5.41, 5.74) is 3.99. The summed E-state index contributed by atoms with van der Waals surface area (Å²) in [5, 5.41) is 9.44. The van der Waals surface area contributed by atoms with E-state index in [4.69, 9.17) is 9.72 Å². The zero-order valence-corrected chi connectivity index (χ0v) is 17.8. The van der Waals surface area contributed by atoms with Crippen LogP contribution in [0.15, 0.2) is 48.5 Å². The number of hydrogen-bond donors (Lipinski definition) is 1. The van der Waals surface area contributed by atoms with Crippen LogP contribution in [-0.4, -0.2) is 27.3 Å². The van der Waals surface area contributed by atoms with Crippen LogP contribution in [0.2, 0.25) is 0 Å². The Hall–Kier alpha value is -3.41. The van der Waals surface area contributed by atoms with Gasteiger partial charge in [0.2, 0.25) is 0 Å². The maximum absolute atomic E-state index is 12.6. The number of benzene rings is 2. The average molecular weight is 402 g/mol. The lowest BCUT2D eigenvalue weighted by Gasteiger charge is -2.10. The summed E-state index contributed by atoms with van der Waals surface area (Å²) in [7, 11) is 0. The molecule has 0 aliphatic carbocycles. The molecular formula is C24H26N4O2. The van der Waals surface area contributed by atoms with E-state index in [1.807, 2.05) is 48.0 Å². The Bertz CT molecular complexity index is 1210. The van der Waals surface area contributed by atoms with E-state index in [0.717, 1.165) is 39.5 Å². The number of nitrogens with one attached hydrogen (secondary N) is 1. The number of fused-ring (bicyclic) bond motifs is 2. The number of carbonyl (C=O) groups is 1. The van der Waals surface area contributed by atoms with Crippen LogP contribution in [0.3, 0.4) is 0 Å². The van der Waals surface area contributed by atoms with Crippen molar-refractivity contribution in [1.82, 2.24) is 14.8 Å². The van der Waals surface area contributed by atoms with Crippen molar-refractivity contribution in [2.45, 2.75) is 40.2 Å². The van der Waals surface area contributed by atoms with Gasteiger partial charge in [0.1, 0.15) is 5.75 Å². The summed E-state index contributed by atoms with van der Waals surface area (Å²) in [6, 6.07) is 16.0. The summed E-state index contributed by atoms with van der Waals surface area (Å²) in [5.74, 6) is 0.920. The van der Waals surface area contributed by atoms with Gasteiger partial charge in [0.15, 0.2) is 18.1 Å². The van der Waals surface area contributed by atoms with Gasteiger partial charge in [-0.3, -0.25) is 4.79 Å². The first-order valence-electron chi connectivity index (χ1n) is 10.2. The highest BCUT2D eigenvalue weighted by Gasteiger charge is 2.18. The van der Waals surface area contributed by atoms with Gasteiger partial charge in [0.05, 0.1) is 16.9 Å². The number of nitrogens with zero attached hydrogens (tertiary/aromatic N) is 3. The molecule has 6 heteroatoms. The van der Waals surface area contributed by atoms with Gasteiger partial charge in [-0.05, 0) is 57.5 Å². The topological polar surface area (TPSA) is 69.0 Å². The number of pyridine rings is 1. The predicted molar refractivity (Wildman–Crippen MR) is 120 cm³/mol. The Labute approximate surface area is 175 Å². The standard InChI is InChI=1S/C24H26N4O2/c1-5-17(4)28-24-20(13-18-12-16(3)8-11-21(18)25-24)23(27-28)26-22(29)14-30-19-9-6-15(2)7-10-19/h6-13,17H,5,14H2,1-4H3,(H,26,27,29). The maximum Gasteiger partial charge on any atom is 0.263 e. The van der Waals surface area contributed by atoms with Crippen molar-refractivity contribution in [3.63, 3.8) is 0 Å². The molecule has 0 spiro atoms. The number of rotatable bonds is 6. The lowest BCUT2D eigenvalue weighted by Crippen LogP contribution is -2.20. The van der Waals surface area contributed by atoms with Gasteiger partial charge in [-0.15, -0.1) is 0 Å². The van der Waals surface area contributed by atoms with E-state index in [1.165, 1.54) is 0 Å². The van der Waals surface area contributed by atoms with Gasteiger partial charge in [0, 0.05) is 5.39 Å². The molecule has 154 valence electrons. The molecule has 2 heterocycles. The molecule has 0 aliphatic heterocycles. The van der Waals surface area contributed by atoms with Crippen LogP contribution >= 0.6 is 0 Å². The van der Waals surface area contributed by atoms with E-state index in [-0.39, 0.29) is 18.6 Å². The number of aromatic nitrogens is 3. The van der Waals surface area contributed by atoms with Gasteiger partial charge in [0.25, 0.3) is 5.91 Å². The number of anilines is 1. The van der Waals surface area contributed by atoms with Crippen molar-refractivity contribution in [2.75, 3.05) is 11.9 Å². The molecule has 1 unspecified atom stereocenters. The normalized spacial score (nSPS) is 12.3. The minimum absolute atomic E-state index is 0.0825. The molecule has 0 bridgehead atoms. The highest BCUT2D eigenvalue weighted by molar-refractivity contribution is 6.03. The van der Waals surface area contributed by atoms with E-state index >= 15 is 0 Å². The van der Waals surface area contributed by atoms with Crippen LogP contribution < -0.4 is 10.1 Å². The highest BCUT2D eigenvalue weighted by Crippen LogP contribution is 2.29. The third-order valence-corrected chi connectivity index (χ3v) is 5.29. The fourth-order valence-electron chi connectivity index (χ4n) is 3.37. The second-order valence-corrected chi connectivity index (χ2v) is 7.76. The van der Waals surface area contributed by atoms with Crippen LogP contribution in [0.1, 0.15) is 37.4 Å². The molecule has 30 heavy (non-hydrogen) atoms. The van der Waals surface area contributed by atoms with Crippen LogP contribution in [0.5, 0.6) is 5.75 Å². The summed E-state index contributed by atoms with van der Waals surface area (Å²) >= 11 is 0. The fourth-order valence-corrected chi connectivity index (χ4v) is 3.37. The van der Waals surface area contributed by atoms with E-state index in [2.05, 4.69) is 43.3 Å². The second-order valence-electron chi connectivity index (χ2n) is 7.76. The van der Waals surface area contributed by atoms with Crippen molar-refractivity contribution in [1.29, 1.82) is 0 Å². The Morgan fingerprint density at radius 3 is 2.57 bits per heavy atom. The van der Waals surface area contributed by atoms with Gasteiger partial charge in [-0.1, -0.05) is 36.2 Å². The van der Waals surface area contributed by atoms with Gasteiger partial charge < -0.3 is 10.1 Å². The molecule has 2 aromatic carbocycles. The minimum atomic E-state index is -0.254. The van der Waals surface area contributed by atoms with E-state index in [9.17, 15) is 4.79 Å². The highest BCUT2D eigenvalue weighted by atomic mass is 16.5. The average Bonchev–Trinajstić information content (AvgIpc) is 3.08. The molecule has 0 radical (unpaired) electrons. The molecule has 1 amide bonds. The lowest BCUT2D eigenvalue weighted by atomic mass is 10.1. The summed E-state index contributed by atoms with van der Waals surface area (Å²) < 4.78 is 7.50. The van der Waals surface area contributed by atoms with Crippen molar-refractivity contribution >= 4 is 33.7 Å². The smallest absolute Gasteiger partial charge is 0.263 e. The summed E-state index contributed by atoms with van der Waals surface area (Å²) in [4.78, 5) is 17.4. The first kappa shape index (κ1) is 19.9. The first-order chi connectivity index (χ1) is 14.4. The van der Waals surface area contributed by atoms with Crippen molar-refractivity contribution in [3.8, 4) is 5.75 Å². The van der Waals surface area contributed by atoms with Crippen LogP contribution in [0.4, 0.5) is 5.82 Å². The molecule has 6 nitrogen and oxygen atoms in total. The van der Waals surface area contributed by atoms with Crippen molar-refractivity contribution in [2.24, 2.45) is 0 Å². The zero-order chi connectivity index (χ0) is 21.3. The molecule has 0 saturated heterocycles. The van der Waals surface area contributed by atoms with E-state index < -0.39 is 0 Å². The maximum atomic E-state index is 12.6. The first-order valence-corrected chi connectivity index (χ1v) is 10.2. The third-order valence-electron chi connectivity index (χ3n) is 5.29. The number of hydrogen-bond acceptors (Lipinski definition) is 4. The Kier molecular flexibility index (Phi) is 5.40. The van der Waals surface area contributed by atoms with Crippen molar-refractivity contribution < 1.29 is 9.53 Å². The van der Waals surface area contributed by atoms with E-state index in [0.29, 0.717) is 11.6 Å². The number of aryl methyl sites for hydroxylation is 2. The molecule has 0 aliphatic rings. The predicted octanol–water partition coefficient (Wildman–Crippen LogP) is 5.19. The van der Waals surface area contributed by atoms with Gasteiger partial charge in [-0.25, -0.2) is 9.67 Å². The summed E-state index contributed by atoms with van der Waals surface area (Å²) in [6.45, 7) is 8.18. The van der Waals surface area contributed by atoms with Crippen LogP contribution in [0.25, 0.3) is 21.9 Å². The SMILES string of the molecule is CCC(C)n1nc(NC(=O)COc2ccc(C)cc2)c2cc3cc(C)ccc3nc21. The van der Waals surface area contributed by atoms with Gasteiger partial charge >= 0.3 is 0 Å². The minimum Gasteiger partial charge on any atom is -0.484 e. The number of ether oxygens (including phenoxy) is 1. The second kappa shape index (κ2) is 8.14. The number of carbonyl (C=O) groups excluding carboxylic acids is 1. The molecule has 4 rings (SSSR count). The lowest BCUT2D eigenvalue weighted by molar-refractivity contribution is -0.118. The van der Waals surface area contributed by atoms with Gasteiger partial charge in [-0.2, -0.15) is 5.10 Å². The monoisotopic (exact) mass is 402 g/mol. The Balaban J connectivity index is 1.64. The molecule has 0 saturated carbocycles. The third kappa shape index (κ3) is 3.99. The molecule has 0 fully saturated rings. The molecule has 2 aromatic heterocycles.